The highest BCUT2D eigenvalue weighted by Gasteiger charge is 2.17. The lowest BCUT2D eigenvalue weighted by Crippen LogP contribution is -2.35. The molecule has 5 nitrogen and oxygen atoms in total. The molecule has 1 aliphatic rings. The summed E-state index contributed by atoms with van der Waals surface area (Å²) in [6.07, 6.45) is 6.85. The third-order valence-electron chi connectivity index (χ3n) is 4.38. The number of aromatic nitrogens is 2. The molecule has 1 aromatic carbocycles. The number of rotatable bonds is 4. The van der Waals surface area contributed by atoms with Crippen molar-refractivity contribution in [3.05, 3.63) is 47.7 Å². The van der Waals surface area contributed by atoms with E-state index in [1.807, 2.05) is 0 Å². The van der Waals surface area contributed by atoms with Crippen LogP contribution in [0.15, 0.2) is 30.3 Å². The highest BCUT2D eigenvalue weighted by molar-refractivity contribution is 5.93. The van der Waals surface area contributed by atoms with Crippen LogP contribution in [0.1, 0.15) is 54.8 Å². The Balaban J connectivity index is 1.71. The van der Waals surface area contributed by atoms with E-state index in [9.17, 15) is 9.18 Å². The number of amides is 1. The van der Waals surface area contributed by atoms with Crippen LogP contribution in [0.3, 0.4) is 0 Å². The second-order valence-corrected chi connectivity index (χ2v) is 6.48. The fraction of sp³-hybridized carbons (Fsp3) is 0.421. The molecule has 0 unspecified atom stereocenters. The van der Waals surface area contributed by atoms with Gasteiger partial charge >= 0.3 is 0 Å². The maximum absolute atomic E-state index is 13.0. The zero-order chi connectivity index (χ0) is 17.6. The van der Waals surface area contributed by atoms with Crippen molar-refractivity contribution in [2.45, 2.75) is 51.5 Å². The molecule has 6 heteroatoms. The monoisotopic (exact) mass is 342 g/mol. The van der Waals surface area contributed by atoms with Gasteiger partial charge in [-0.3, -0.25) is 4.79 Å². The summed E-state index contributed by atoms with van der Waals surface area (Å²) in [4.78, 5) is 21.1. The first-order valence-corrected chi connectivity index (χ1v) is 8.79. The zero-order valence-electron chi connectivity index (χ0n) is 14.4. The van der Waals surface area contributed by atoms with Crippen molar-refractivity contribution in [3.8, 4) is 0 Å². The number of nitrogens with one attached hydrogen (secondary N) is 2. The number of hydrogen-bond donors (Lipinski definition) is 2. The highest BCUT2D eigenvalue weighted by atomic mass is 19.1. The second kappa shape index (κ2) is 8.05. The van der Waals surface area contributed by atoms with Gasteiger partial charge in [0.25, 0.3) is 5.91 Å². The van der Waals surface area contributed by atoms with Gasteiger partial charge in [0, 0.05) is 17.8 Å². The van der Waals surface area contributed by atoms with Crippen LogP contribution in [-0.4, -0.2) is 21.9 Å². The Hall–Kier alpha value is -2.50. The van der Waals surface area contributed by atoms with E-state index in [0.29, 0.717) is 23.0 Å². The molecule has 0 atom stereocenters. The quantitative estimate of drug-likeness (QED) is 0.820. The van der Waals surface area contributed by atoms with Crippen molar-refractivity contribution in [2.24, 2.45) is 0 Å². The van der Waals surface area contributed by atoms with E-state index < -0.39 is 0 Å². The van der Waals surface area contributed by atoms with Crippen LogP contribution < -0.4 is 10.6 Å². The predicted molar refractivity (Wildman–Crippen MR) is 95.4 cm³/mol. The van der Waals surface area contributed by atoms with Crippen LogP contribution in [0, 0.1) is 12.7 Å². The van der Waals surface area contributed by atoms with E-state index in [-0.39, 0.29) is 17.8 Å². The average Bonchev–Trinajstić information content (AvgIpc) is 2.85. The third kappa shape index (κ3) is 4.98. The predicted octanol–water partition coefficient (Wildman–Crippen LogP) is 4.12. The molecule has 1 amide bonds. The first kappa shape index (κ1) is 17.3. The van der Waals surface area contributed by atoms with Gasteiger partial charge in [-0.1, -0.05) is 25.7 Å². The Bertz CT molecular complexity index is 725. The first-order chi connectivity index (χ1) is 12.1. The maximum Gasteiger partial charge on any atom is 0.270 e. The summed E-state index contributed by atoms with van der Waals surface area (Å²) in [6.45, 7) is 1.75. The van der Waals surface area contributed by atoms with E-state index in [1.54, 1.807) is 25.1 Å². The van der Waals surface area contributed by atoms with Crippen LogP contribution in [0.4, 0.5) is 15.9 Å². The highest BCUT2D eigenvalue weighted by Crippen LogP contribution is 2.19. The molecular formula is C19H23FN4O. The summed E-state index contributed by atoms with van der Waals surface area (Å²) in [7, 11) is 0. The van der Waals surface area contributed by atoms with Gasteiger partial charge in [-0.25, -0.2) is 14.4 Å². The number of benzene rings is 1. The molecule has 1 aliphatic carbocycles. The number of carbonyl (C=O) groups excluding carboxylic acids is 1. The minimum Gasteiger partial charge on any atom is -0.348 e. The van der Waals surface area contributed by atoms with Crippen LogP contribution in [0.25, 0.3) is 0 Å². The molecule has 1 aromatic heterocycles. The first-order valence-electron chi connectivity index (χ1n) is 8.79. The van der Waals surface area contributed by atoms with Crippen LogP contribution in [0.2, 0.25) is 0 Å². The molecular weight excluding hydrogens is 319 g/mol. The molecule has 0 aliphatic heterocycles. The molecule has 0 radical (unpaired) electrons. The Morgan fingerprint density at radius 3 is 2.44 bits per heavy atom. The summed E-state index contributed by atoms with van der Waals surface area (Å²) in [6, 6.07) is 7.84. The van der Waals surface area contributed by atoms with E-state index in [2.05, 4.69) is 20.6 Å². The van der Waals surface area contributed by atoms with Crippen molar-refractivity contribution >= 4 is 17.4 Å². The lowest BCUT2D eigenvalue weighted by Gasteiger charge is -2.16. The number of carbonyl (C=O) groups is 1. The minimum absolute atomic E-state index is 0.167. The smallest absolute Gasteiger partial charge is 0.270 e. The molecule has 1 heterocycles. The lowest BCUT2D eigenvalue weighted by atomic mass is 10.1. The fourth-order valence-corrected chi connectivity index (χ4v) is 3.11. The fourth-order valence-electron chi connectivity index (χ4n) is 3.11. The van der Waals surface area contributed by atoms with E-state index in [4.69, 9.17) is 0 Å². The molecule has 1 saturated carbocycles. The Morgan fingerprint density at radius 1 is 1.08 bits per heavy atom. The van der Waals surface area contributed by atoms with Gasteiger partial charge in [0.2, 0.25) is 0 Å². The van der Waals surface area contributed by atoms with Crippen molar-refractivity contribution < 1.29 is 9.18 Å². The molecule has 0 bridgehead atoms. The molecule has 3 rings (SSSR count). The summed E-state index contributed by atoms with van der Waals surface area (Å²) in [5.41, 5.74) is 1.05. The number of anilines is 2. The lowest BCUT2D eigenvalue weighted by molar-refractivity contribution is 0.0928. The van der Waals surface area contributed by atoms with E-state index >= 15 is 0 Å². The molecule has 132 valence electrons. The molecule has 0 saturated heterocycles. The van der Waals surface area contributed by atoms with Gasteiger partial charge in [0.05, 0.1) is 0 Å². The van der Waals surface area contributed by atoms with Crippen LogP contribution in [0.5, 0.6) is 0 Å². The number of aryl methyl sites for hydroxylation is 1. The van der Waals surface area contributed by atoms with Crippen LogP contribution >= 0.6 is 0 Å². The number of hydrogen-bond acceptors (Lipinski definition) is 4. The normalized spacial score (nSPS) is 15.4. The van der Waals surface area contributed by atoms with Gasteiger partial charge in [0.1, 0.15) is 23.2 Å². The molecule has 2 aromatic rings. The number of nitrogens with zero attached hydrogens (tertiary/aromatic N) is 2. The third-order valence-corrected chi connectivity index (χ3v) is 4.38. The van der Waals surface area contributed by atoms with Gasteiger partial charge in [-0.15, -0.1) is 0 Å². The topological polar surface area (TPSA) is 66.9 Å². The average molecular weight is 342 g/mol. The summed E-state index contributed by atoms with van der Waals surface area (Å²) >= 11 is 0. The van der Waals surface area contributed by atoms with Crippen molar-refractivity contribution in [2.75, 3.05) is 5.32 Å². The minimum atomic E-state index is -0.298. The van der Waals surface area contributed by atoms with Crippen molar-refractivity contribution in [1.29, 1.82) is 0 Å². The maximum atomic E-state index is 13.0. The summed E-state index contributed by atoms with van der Waals surface area (Å²) < 4.78 is 13.0. The Morgan fingerprint density at radius 2 is 1.76 bits per heavy atom. The Labute approximate surface area is 147 Å². The summed E-state index contributed by atoms with van der Waals surface area (Å²) in [5, 5.41) is 6.18. The molecule has 0 spiro atoms. The van der Waals surface area contributed by atoms with Gasteiger partial charge in [-0.05, 0) is 44.0 Å². The summed E-state index contributed by atoms with van der Waals surface area (Å²) in [5.74, 6) is 0.565. The van der Waals surface area contributed by atoms with Crippen molar-refractivity contribution in [1.82, 2.24) is 15.3 Å². The van der Waals surface area contributed by atoms with Crippen LogP contribution in [-0.2, 0) is 0 Å². The standard InChI is InChI=1S/C19H23FN4O/c1-13-21-17(19(25)24-15-6-4-2-3-5-7-15)12-18(22-13)23-16-10-8-14(20)9-11-16/h8-12,15H,2-7H2,1H3,(H,24,25)(H,21,22,23). The molecule has 1 fully saturated rings. The largest absolute Gasteiger partial charge is 0.348 e. The zero-order valence-corrected chi connectivity index (χ0v) is 14.4. The molecule has 25 heavy (non-hydrogen) atoms. The number of halogens is 1. The van der Waals surface area contributed by atoms with E-state index in [1.165, 1.54) is 25.0 Å². The van der Waals surface area contributed by atoms with Gasteiger partial charge in [0.15, 0.2) is 0 Å². The second-order valence-electron chi connectivity index (χ2n) is 6.48. The molecule has 2 N–H and O–H groups in total. The van der Waals surface area contributed by atoms with Crippen molar-refractivity contribution in [3.63, 3.8) is 0 Å². The van der Waals surface area contributed by atoms with Gasteiger partial charge < -0.3 is 10.6 Å². The Kier molecular flexibility index (Phi) is 5.58. The van der Waals surface area contributed by atoms with E-state index in [0.717, 1.165) is 25.7 Å². The SMILES string of the molecule is Cc1nc(Nc2ccc(F)cc2)cc(C(=O)NC2CCCCCC2)n1. The van der Waals surface area contributed by atoms with Gasteiger partial charge in [-0.2, -0.15) is 0 Å².